The summed E-state index contributed by atoms with van der Waals surface area (Å²) >= 11 is 1.52. The highest BCUT2D eigenvalue weighted by Gasteiger charge is 2.14. The van der Waals surface area contributed by atoms with E-state index in [0.717, 1.165) is 46.4 Å². The van der Waals surface area contributed by atoms with Gasteiger partial charge < -0.3 is 10.2 Å². The zero-order chi connectivity index (χ0) is 24.8. The van der Waals surface area contributed by atoms with Gasteiger partial charge in [-0.25, -0.2) is 13.1 Å². The van der Waals surface area contributed by atoms with Crippen molar-refractivity contribution in [3.05, 3.63) is 52.2 Å². The molecule has 3 N–H and O–H groups in total. The van der Waals surface area contributed by atoms with E-state index in [-0.39, 0.29) is 12.0 Å². The number of hydrogen-bond acceptors (Lipinski definition) is 8. The number of benzene rings is 2. The van der Waals surface area contributed by atoms with Crippen LogP contribution in [0.15, 0.2) is 41.2 Å². The molecule has 0 saturated heterocycles. The topological polar surface area (TPSA) is 133 Å². The Bertz CT molecular complexity index is 1380. The average molecular weight is 516 g/mol. The third kappa shape index (κ3) is 8.99. The van der Waals surface area contributed by atoms with Gasteiger partial charge in [0, 0.05) is 33.6 Å². The van der Waals surface area contributed by atoms with Crippen LogP contribution in [0.4, 0.5) is 5.69 Å². The number of rotatable bonds is 8. The van der Waals surface area contributed by atoms with Gasteiger partial charge in [0.25, 0.3) is 10.1 Å². The fourth-order valence-electron chi connectivity index (χ4n) is 3.07. The SMILES string of the molecule is CN(C)CCCNc1ccc(CNS(C)(=O)=O)c2sc3ccccc3c(=O)c12.CS(=O)(=O)O. The van der Waals surface area contributed by atoms with Crippen LogP contribution in [0, 0.1) is 0 Å². The minimum absolute atomic E-state index is 0.0272. The highest BCUT2D eigenvalue weighted by atomic mass is 32.2. The molecular formula is C21H29N3O6S3. The largest absolute Gasteiger partial charge is 0.384 e. The van der Waals surface area contributed by atoms with Crippen molar-refractivity contribution in [2.75, 3.05) is 45.0 Å². The molecule has 1 heterocycles. The molecule has 3 rings (SSSR count). The first-order chi connectivity index (χ1) is 15.3. The molecule has 0 aliphatic rings. The first kappa shape index (κ1) is 27.2. The molecule has 0 atom stereocenters. The van der Waals surface area contributed by atoms with E-state index >= 15 is 0 Å². The average Bonchev–Trinajstić information content (AvgIpc) is 2.68. The molecule has 2 aromatic carbocycles. The van der Waals surface area contributed by atoms with Crippen LogP contribution in [0.2, 0.25) is 0 Å². The third-order valence-corrected chi connectivity index (χ3v) is 6.35. The molecule has 1 aromatic heterocycles. The molecule has 3 aromatic rings. The molecule has 0 bridgehead atoms. The number of hydrogen-bond donors (Lipinski definition) is 3. The van der Waals surface area contributed by atoms with E-state index in [9.17, 15) is 21.6 Å². The summed E-state index contributed by atoms with van der Waals surface area (Å²) in [5.74, 6) is 0. The number of anilines is 1. The maximum Gasteiger partial charge on any atom is 0.261 e. The van der Waals surface area contributed by atoms with Crippen molar-refractivity contribution in [1.82, 2.24) is 9.62 Å². The first-order valence-electron chi connectivity index (χ1n) is 9.99. The number of nitrogens with zero attached hydrogens (tertiary/aromatic N) is 1. The van der Waals surface area contributed by atoms with E-state index in [1.807, 2.05) is 50.5 Å². The Morgan fingerprint density at radius 1 is 1.03 bits per heavy atom. The van der Waals surface area contributed by atoms with Gasteiger partial charge >= 0.3 is 0 Å². The monoisotopic (exact) mass is 515 g/mol. The lowest BCUT2D eigenvalue weighted by Crippen LogP contribution is -2.21. The van der Waals surface area contributed by atoms with Gasteiger partial charge in [0.15, 0.2) is 5.43 Å². The fraction of sp³-hybridized carbons (Fsp3) is 0.381. The molecule has 12 heteroatoms. The van der Waals surface area contributed by atoms with Crippen molar-refractivity contribution in [3.8, 4) is 0 Å². The summed E-state index contributed by atoms with van der Waals surface area (Å²) in [4.78, 5) is 15.3. The molecule has 0 spiro atoms. The lowest BCUT2D eigenvalue weighted by Gasteiger charge is -2.14. The molecule has 0 saturated carbocycles. The molecule has 182 valence electrons. The maximum atomic E-state index is 13.2. The van der Waals surface area contributed by atoms with Crippen molar-refractivity contribution < 1.29 is 21.4 Å². The minimum Gasteiger partial charge on any atom is -0.384 e. The van der Waals surface area contributed by atoms with Crippen molar-refractivity contribution >= 4 is 57.3 Å². The normalized spacial score (nSPS) is 12.1. The second-order valence-corrected chi connectivity index (χ2v) is 12.2. The van der Waals surface area contributed by atoms with E-state index in [0.29, 0.717) is 17.0 Å². The summed E-state index contributed by atoms with van der Waals surface area (Å²) in [6.45, 7) is 1.87. The Labute approximate surface area is 198 Å². The van der Waals surface area contributed by atoms with Gasteiger partial charge in [-0.1, -0.05) is 18.2 Å². The van der Waals surface area contributed by atoms with Crippen molar-refractivity contribution in [2.24, 2.45) is 0 Å². The Hall–Kier alpha value is -2.09. The van der Waals surface area contributed by atoms with Crippen LogP contribution < -0.4 is 15.5 Å². The van der Waals surface area contributed by atoms with Gasteiger partial charge in [-0.15, -0.1) is 11.3 Å². The highest BCUT2D eigenvalue weighted by Crippen LogP contribution is 2.32. The van der Waals surface area contributed by atoms with Crippen LogP contribution in [0.5, 0.6) is 0 Å². The number of nitrogens with one attached hydrogen (secondary N) is 2. The van der Waals surface area contributed by atoms with Gasteiger partial charge in [-0.05, 0) is 50.8 Å². The van der Waals surface area contributed by atoms with Crippen LogP contribution in [0.3, 0.4) is 0 Å². The zero-order valence-corrected chi connectivity index (χ0v) is 21.4. The van der Waals surface area contributed by atoms with E-state index in [2.05, 4.69) is 14.9 Å². The Kier molecular flexibility index (Phi) is 9.35. The van der Waals surface area contributed by atoms with Crippen LogP contribution in [0.25, 0.3) is 20.2 Å². The summed E-state index contributed by atoms with van der Waals surface area (Å²) in [5, 5.41) is 4.70. The molecule has 0 fully saturated rings. The molecule has 0 amide bonds. The molecule has 0 aliphatic carbocycles. The lowest BCUT2D eigenvalue weighted by atomic mass is 10.1. The van der Waals surface area contributed by atoms with Gasteiger partial charge in [-0.2, -0.15) is 8.42 Å². The van der Waals surface area contributed by atoms with E-state index in [1.54, 1.807) is 0 Å². The second-order valence-electron chi connectivity index (χ2n) is 7.81. The van der Waals surface area contributed by atoms with Crippen molar-refractivity contribution in [3.63, 3.8) is 0 Å². The first-order valence-corrected chi connectivity index (χ1v) is 14.5. The van der Waals surface area contributed by atoms with Gasteiger partial charge in [0.2, 0.25) is 10.0 Å². The summed E-state index contributed by atoms with van der Waals surface area (Å²) < 4.78 is 53.2. The molecule has 0 aliphatic heterocycles. The van der Waals surface area contributed by atoms with Crippen LogP contribution in [-0.2, 0) is 26.7 Å². The minimum atomic E-state index is -3.67. The van der Waals surface area contributed by atoms with Gasteiger partial charge in [0.05, 0.1) is 17.9 Å². The van der Waals surface area contributed by atoms with Crippen LogP contribution >= 0.6 is 11.3 Å². The molecule has 9 nitrogen and oxygen atoms in total. The van der Waals surface area contributed by atoms with Gasteiger partial charge in [-0.3, -0.25) is 9.35 Å². The summed E-state index contributed by atoms with van der Waals surface area (Å²) in [6.07, 6.45) is 2.80. The Morgan fingerprint density at radius 3 is 2.27 bits per heavy atom. The number of sulfonamides is 1. The lowest BCUT2D eigenvalue weighted by molar-refractivity contribution is 0.405. The number of fused-ring (bicyclic) bond motifs is 2. The summed E-state index contributed by atoms with van der Waals surface area (Å²) in [6, 6.07) is 11.3. The Morgan fingerprint density at radius 2 is 1.67 bits per heavy atom. The predicted molar refractivity (Wildman–Crippen MR) is 136 cm³/mol. The van der Waals surface area contributed by atoms with Gasteiger partial charge in [0.1, 0.15) is 0 Å². The smallest absolute Gasteiger partial charge is 0.261 e. The Balaban J connectivity index is 0.000000696. The molecular weight excluding hydrogens is 486 g/mol. The maximum absolute atomic E-state index is 13.2. The predicted octanol–water partition coefficient (Wildman–Crippen LogP) is 2.33. The summed E-state index contributed by atoms with van der Waals surface area (Å²) in [5.41, 5.74) is 1.57. The second kappa shape index (κ2) is 11.4. The van der Waals surface area contributed by atoms with Crippen LogP contribution in [-0.4, -0.2) is 66.0 Å². The fourth-order valence-corrected chi connectivity index (χ4v) is 4.70. The molecule has 0 unspecified atom stereocenters. The van der Waals surface area contributed by atoms with Crippen molar-refractivity contribution in [1.29, 1.82) is 0 Å². The highest BCUT2D eigenvalue weighted by molar-refractivity contribution is 7.88. The third-order valence-electron chi connectivity index (χ3n) is 4.43. The van der Waals surface area contributed by atoms with E-state index < -0.39 is 20.1 Å². The van der Waals surface area contributed by atoms with E-state index in [4.69, 9.17) is 4.55 Å². The standard InChI is InChI=1S/C20H25N3O3S2.CH4O3S/c1-23(2)12-6-11-21-16-10-9-14(13-22-28(3,25)26)20-18(16)19(24)15-7-4-5-8-17(15)27-20;1-5(2,3)4/h4-5,7-10,21-22H,6,11-13H2,1-3H3;1H3,(H,2,3,4). The summed E-state index contributed by atoms with van der Waals surface area (Å²) in [7, 11) is -2.93. The van der Waals surface area contributed by atoms with Crippen LogP contribution in [0.1, 0.15) is 12.0 Å². The zero-order valence-electron chi connectivity index (χ0n) is 19.0. The quantitative estimate of drug-likeness (QED) is 0.237. The molecule has 0 radical (unpaired) electrons. The molecule has 33 heavy (non-hydrogen) atoms. The van der Waals surface area contributed by atoms with Crippen molar-refractivity contribution in [2.45, 2.75) is 13.0 Å². The van der Waals surface area contributed by atoms with E-state index in [1.165, 1.54) is 11.3 Å².